The van der Waals surface area contributed by atoms with Gasteiger partial charge in [-0.1, -0.05) is 12.1 Å². The third-order valence-electron chi connectivity index (χ3n) is 8.89. The summed E-state index contributed by atoms with van der Waals surface area (Å²) in [5, 5.41) is 50.6. The lowest BCUT2D eigenvalue weighted by molar-refractivity contribution is -0.148. The monoisotopic (exact) mass is 654 g/mol. The molecule has 0 bridgehead atoms. The fraction of sp³-hybridized carbons (Fsp3) is 0.355. The van der Waals surface area contributed by atoms with E-state index in [0.717, 1.165) is 6.26 Å². The van der Waals surface area contributed by atoms with Crippen LogP contribution in [0.2, 0.25) is 0 Å². The van der Waals surface area contributed by atoms with Crippen molar-refractivity contribution < 1.29 is 48.0 Å². The van der Waals surface area contributed by atoms with Crippen molar-refractivity contribution in [3.8, 4) is 5.75 Å². The largest absolute Gasteiger partial charge is 0.510 e. The van der Waals surface area contributed by atoms with Crippen LogP contribution in [-0.2, 0) is 30.6 Å². The molecule has 15 heteroatoms. The minimum atomic E-state index is -3.49. The van der Waals surface area contributed by atoms with Gasteiger partial charge in [0.15, 0.2) is 27.0 Å². The molecule has 244 valence electrons. The Hall–Kier alpha value is -4.73. The van der Waals surface area contributed by atoms with Crippen molar-refractivity contribution in [2.24, 2.45) is 17.6 Å². The van der Waals surface area contributed by atoms with Crippen LogP contribution in [0.1, 0.15) is 29.3 Å². The third kappa shape index (κ3) is 5.09. The van der Waals surface area contributed by atoms with Crippen LogP contribution >= 0.6 is 0 Å². The molecule has 0 aliphatic heterocycles. The highest BCUT2D eigenvalue weighted by Gasteiger charge is 2.63. The number of ketones is 2. The number of benzene rings is 2. The van der Waals surface area contributed by atoms with Gasteiger partial charge in [-0.05, 0) is 69.6 Å². The number of primary amides is 1. The molecular weight excluding hydrogens is 620 g/mol. The van der Waals surface area contributed by atoms with E-state index in [1.165, 1.54) is 42.2 Å². The van der Waals surface area contributed by atoms with Gasteiger partial charge in [0.1, 0.15) is 23.1 Å². The summed E-state index contributed by atoms with van der Waals surface area (Å²) in [7, 11) is -0.397. The lowest BCUT2D eigenvalue weighted by Crippen LogP contribution is -2.63. The zero-order chi connectivity index (χ0) is 34.0. The predicted molar refractivity (Wildman–Crippen MR) is 165 cm³/mol. The number of phenolic OH excluding ortho intramolecular Hbond substituents is 1. The Labute approximate surface area is 264 Å². The zero-order valence-electron chi connectivity index (χ0n) is 25.4. The number of nitrogens with two attached hydrogens (primary N) is 1. The maximum atomic E-state index is 13.9. The summed E-state index contributed by atoms with van der Waals surface area (Å²) in [6, 6.07) is 6.79. The lowest BCUT2D eigenvalue weighted by atomic mass is 9.58. The Morgan fingerprint density at radius 2 is 1.78 bits per heavy atom. The van der Waals surface area contributed by atoms with Crippen LogP contribution in [0, 0.1) is 11.8 Å². The van der Waals surface area contributed by atoms with E-state index in [2.05, 4.69) is 10.6 Å². The van der Waals surface area contributed by atoms with Gasteiger partial charge in [-0.2, -0.15) is 0 Å². The van der Waals surface area contributed by atoms with E-state index in [9.17, 15) is 48.0 Å². The van der Waals surface area contributed by atoms with E-state index in [-0.39, 0.29) is 34.6 Å². The fourth-order valence-electron chi connectivity index (χ4n) is 6.70. The number of carbonyl (C=O) groups is 4. The number of phenols is 1. The number of aliphatic hydroxyl groups is 3. The number of carbonyl (C=O) groups excluding carboxylic acids is 4. The Morgan fingerprint density at radius 3 is 2.39 bits per heavy atom. The summed E-state index contributed by atoms with van der Waals surface area (Å²) in [4.78, 5) is 54.0. The number of hydrogen-bond acceptors (Lipinski definition) is 12. The quantitative estimate of drug-likeness (QED) is 0.163. The molecule has 4 unspecified atom stereocenters. The fourth-order valence-corrected chi connectivity index (χ4v) is 7.37. The summed E-state index contributed by atoms with van der Waals surface area (Å²) in [6.07, 6.45) is 1.11. The number of aromatic hydroxyl groups is 1. The number of aliphatic hydroxyl groups excluding tert-OH is 2. The van der Waals surface area contributed by atoms with Crippen LogP contribution in [0.3, 0.4) is 0 Å². The second-order valence-electron chi connectivity index (χ2n) is 12.1. The first-order chi connectivity index (χ1) is 21.4. The molecular formula is C31H34N4O10S. The molecule has 3 aliphatic rings. The average molecular weight is 655 g/mol. The number of hydrogen-bond donors (Lipinski definition) is 7. The number of likely N-dealkylation sites (N-methyl/N-ethyl adjacent to an activating group) is 1. The van der Waals surface area contributed by atoms with E-state index in [4.69, 9.17) is 5.73 Å². The minimum absolute atomic E-state index is 0.0469. The van der Waals surface area contributed by atoms with Gasteiger partial charge in [0, 0.05) is 23.4 Å². The maximum Gasteiger partial charge on any atom is 0.255 e. The third-order valence-corrected chi connectivity index (χ3v) is 10.0. The SMILES string of the molecule is CC(Nc1cccc(S(C)(=O)=O)c1)C(=O)Nc1ccc2c(c1O)C(=O)C1=C(O)C3(O)C(=O)C(C(N)=O)=C(O)[C@@H](N(C)C)C3CC1C2. The van der Waals surface area contributed by atoms with Crippen LogP contribution in [0.25, 0.3) is 0 Å². The van der Waals surface area contributed by atoms with Crippen molar-refractivity contribution in [3.05, 3.63) is 70.2 Å². The Kier molecular flexibility index (Phi) is 7.99. The summed E-state index contributed by atoms with van der Waals surface area (Å²) in [6.45, 7) is 1.50. The smallest absolute Gasteiger partial charge is 0.255 e. The number of rotatable bonds is 7. The molecule has 0 radical (unpaired) electrons. The van der Waals surface area contributed by atoms with Gasteiger partial charge in [0.05, 0.1) is 22.2 Å². The standard InChI is InChI=1S/C31H34N4O10S/c1-13(33-16-6-5-7-17(12-16)46(4,44)45)30(42)34-19-9-8-14-10-15-11-18-23(35(2)3)26(38)22(29(32)41)28(40)31(18,43)27(39)21(15)25(37)20(14)24(19)36/h5-9,12-13,15,18,23,33,36,38-39,43H,10-11H2,1-4H3,(H2,32,41)(H,34,42)/t13?,15?,18?,23-,31?/m0/s1. The van der Waals surface area contributed by atoms with Crippen LogP contribution in [0.4, 0.5) is 11.4 Å². The van der Waals surface area contributed by atoms with Gasteiger partial charge in [0.2, 0.25) is 11.7 Å². The second-order valence-corrected chi connectivity index (χ2v) is 14.1. The number of sulfone groups is 1. The van der Waals surface area contributed by atoms with E-state index < -0.39 is 85.6 Å². The number of Topliss-reactive ketones (excluding diaryl/α,β-unsaturated/α-hetero) is 2. The first kappa shape index (κ1) is 32.7. The summed E-state index contributed by atoms with van der Waals surface area (Å²) >= 11 is 0. The molecule has 0 aromatic heterocycles. The van der Waals surface area contributed by atoms with Gasteiger partial charge in [-0.15, -0.1) is 0 Å². The molecule has 5 rings (SSSR count). The Morgan fingerprint density at radius 1 is 1.11 bits per heavy atom. The normalized spacial score (nSPS) is 25.0. The van der Waals surface area contributed by atoms with Crippen molar-refractivity contribution >= 4 is 44.6 Å². The first-order valence-electron chi connectivity index (χ1n) is 14.3. The van der Waals surface area contributed by atoms with Crippen molar-refractivity contribution in [2.75, 3.05) is 31.0 Å². The van der Waals surface area contributed by atoms with Crippen molar-refractivity contribution in [1.29, 1.82) is 0 Å². The second kappa shape index (κ2) is 11.3. The highest BCUT2D eigenvalue weighted by molar-refractivity contribution is 7.90. The van der Waals surface area contributed by atoms with Crippen LogP contribution < -0.4 is 16.4 Å². The number of nitrogens with one attached hydrogen (secondary N) is 2. The van der Waals surface area contributed by atoms with Crippen LogP contribution in [0.5, 0.6) is 5.75 Å². The number of anilines is 2. The molecule has 2 aromatic rings. The molecule has 3 aliphatic carbocycles. The van der Waals surface area contributed by atoms with Crippen molar-refractivity contribution in [1.82, 2.24) is 4.90 Å². The van der Waals surface area contributed by atoms with E-state index in [1.54, 1.807) is 20.2 Å². The lowest BCUT2D eigenvalue weighted by Gasteiger charge is -2.50. The highest BCUT2D eigenvalue weighted by atomic mass is 32.2. The molecule has 5 atom stereocenters. The molecule has 2 amide bonds. The van der Waals surface area contributed by atoms with Gasteiger partial charge >= 0.3 is 0 Å². The molecule has 0 saturated carbocycles. The predicted octanol–water partition coefficient (Wildman–Crippen LogP) is 0.963. The van der Waals surface area contributed by atoms with Gasteiger partial charge in [-0.25, -0.2) is 8.42 Å². The van der Waals surface area contributed by atoms with Crippen molar-refractivity contribution in [3.63, 3.8) is 0 Å². The van der Waals surface area contributed by atoms with Gasteiger partial charge in [-0.3, -0.25) is 24.1 Å². The first-order valence-corrected chi connectivity index (χ1v) is 16.2. The number of nitrogens with zero attached hydrogens (tertiary/aromatic N) is 1. The summed E-state index contributed by atoms with van der Waals surface area (Å²) in [5.41, 5.74) is 1.74. The molecule has 2 aromatic carbocycles. The van der Waals surface area contributed by atoms with E-state index in [0.29, 0.717) is 11.3 Å². The molecule has 0 heterocycles. The molecule has 0 spiro atoms. The molecule has 8 N–H and O–H groups in total. The van der Waals surface area contributed by atoms with Gasteiger partial charge < -0.3 is 36.8 Å². The van der Waals surface area contributed by atoms with E-state index in [1.807, 2.05) is 0 Å². The topological polar surface area (TPSA) is 237 Å². The molecule has 46 heavy (non-hydrogen) atoms. The number of fused-ring (bicyclic) bond motifs is 3. The Bertz CT molecular complexity index is 1880. The summed E-state index contributed by atoms with van der Waals surface area (Å²) < 4.78 is 23.8. The highest BCUT2D eigenvalue weighted by Crippen LogP contribution is 2.52. The molecule has 14 nitrogen and oxygen atoms in total. The number of allylic oxidation sites excluding steroid dienone is 1. The van der Waals surface area contributed by atoms with Crippen LogP contribution in [0.15, 0.2) is 64.0 Å². The van der Waals surface area contributed by atoms with Crippen molar-refractivity contribution in [2.45, 2.75) is 42.3 Å². The van der Waals surface area contributed by atoms with Gasteiger partial charge in [0.25, 0.3) is 5.91 Å². The zero-order valence-corrected chi connectivity index (χ0v) is 26.2. The molecule has 0 fully saturated rings. The Balaban J connectivity index is 1.47. The molecule has 0 saturated heterocycles. The van der Waals surface area contributed by atoms with E-state index >= 15 is 0 Å². The number of amides is 2. The minimum Gasteiger partial charge on any atom is -0.510 e. The maximum absolute atomic E-state index is 13.9. The summed E-state index contributed by atoms with van der Waals surface area (Å²) in [5.74, 6) is -8.28. The average Bonchev–Trinajstić information content (AvgIpc) is 2.95. The van der Waals surface area contributed by atoms with Crippen LogP contribution in [-0.4, -0.2) is 95.2 Å².